The van der Waals surface area contributed by atoms with Gasteiger partial charge in [0.05, 0.1) is 28.4 Å². The number of carbonyl (C=O) groups is 1. The maximum atomic E-state index is 10.6. The average Bonchev–Trinajstić information content (AvgIpc) is 3.26. The quantitative estimate of drug-likeness (QED) is 0.322. The lowest BCUT2D eigenvalue weighted by atomic mass is 10.2. The van der Waals surface area contributed by atoms with E-state index in [-0.39, 0.29) is 5.75 Å². The predicted molar refractivity (Wildman–Crippen MR) is 108 cm³/mol. The van der Waals surface area contributed by atoms with Crippen molar-refractivity contribution in [2.24, 2.45) is 0 Å². The second kappa shape index (κ2) is 7.75. The Morgan fingerprint density at radius 3 is 2.86 bits per heavy atom. The van der Waals surface area contributed by atoms with Crippen molar-refractivity contribution < 1.29 is 14.6 Å². The van der Waals surface area contributed by atoms with Crippen LogP contribution in [0.2, 0.25) is 10.0 Å². The van der Waals surface area contributed by atoms with Crippen LogP contribution in [0.25, 0.3) is 17.0 Å². The lowest BCUT2D eigenvalue weighted by Crippen LogP contribution is -2.02. The summed E-state index contributed by atoms with van der Waals surface area (Å²) in [6.07, 6.45) is 1.30. The highest BCUT2D eigenvalue weighted by molar-refractivity contribution is 7.98. The van der Waals surface area contributed by atoms with Gasteiger partial charge in [0.2, 0.25) is 5.95 Å². The van der Waals surface area contributed by atoms with Crippen LogP contribution < -0.4 is 4.74 Å². The van der Waals surface area contributed by atoms with E-state index < -0.39 is 6.16 Å². The highest BCUT2D eigenvalue weighted by Gasteiger charge is 2.12. The van der Waals surface area contributed by atoms with Gasteiger partial charge in [0.25, 0.3) is 0 Å². The minimum absolute atomic E-state index is 0.0990. The lowest BCUT2D eigenvalue weighted by molar-refractivity contribution is 0.144. The summed E-state index contributed by atoms with van der Waals surface area (Å²) in [5, 5.41) is 14.0. The van der Waals surface area contributed by atoms with E-state index in [0.29, 0.717) is 27.3 Å². The Balaban J connectivity index is 1.59. The summed E-state index contributed by atoms with van der Waals surface area (Å²) in [6.45, 7) is 0. The van der Waals surface area contributed by atoms with Crippen LogP contribution in [0.4, 0.5) is 4.79 Å². The van der Waals surface area contributed by atoms with Crippen molar-refractivity contribution in [3.63, 3.8) is 0 Å². The molecule has 0 spiro atoms. The van der Waals surface area contributed by atoms with Gasteiger partial charge in [-0.25, -0.2) is 14.5 Å². The van der Waals surface area contributed by atoms with Gasteiger partial charge in [0, 0.05) is 15.7 Å². The fourth-order valence-electron chi connectivity index (χ4n) is 2.56. The number of nitrogens with one attached hydrogen (secondary N) is 1. The smallest absolute Gasteiger partial charge is 0.449 e. The fraction of sp³-hybridized carbons (Fsp3) is 0.0556. The van der Waals surface area contributed by atoms with Gasteiger partial charge in [-0.15, -0.1) is 11.8 Å². The summed E-state index contributed by atoms with van der Waals surface area (Å²) >= 11 is 14.2. The van der Waals surface area contributed by atoms with Crippen molar-refractivity contribution >= 4 is 52.2 Å². The van der Waals surface area contributed by atoms with Crippen LogP contribution in [0.1, 0.15) is 5.56 Å². The van der Waals surface area contributed by atoms with Gasteiger partial charge in [-0.3, -0.25) is 0 Å². The summed E-state index contributed by atoms with van der Waals surface area (Å²) in [5.41, 5.74) is 2.46. The third kappa shape index (κ3) is 3.94. The minimum atomic E-state index is -1.41. The zero-order valence-corrected chi connectivity index (χ0v) is 16.4. The first kappa shape index (κ1) is 18.7. The molecule has 0 unspecified atom stereocenters. The number of aromatic amines is 1. The van der Waals surface area contributed by atoms with Crippen molar-refractivity contribution in [2.75, 3.05) is 0 Å². The molecule has 4 aromatic rings. The van der Waals surface area contributed by atoms with E-state index >= 15 is 0 Å². The molecule has 0 saturated heterocycles. The number of benzene rings is 2. The topological polar surface area (TPSA) is 93.0 Å². The first-order chi connectivity index (χ1) is 13.5. The van der Waals surface area contributed by atoms with Gasteiger partial charge in [-0.2, -0.15) is 5.10 Å². The van der Waals surface area contributed by atoms with Gasteiger partial charge >= 0.3 is 6.16 Å². The molecule has 0 radical (unpaired) electrons. The standard InChI is InChI=1S/C18H12Cl2N4O3S/c19-12-4-2-1-3-10(12)9-28-16-6-15-14(5-13(16)20)22-17(23-15)24-8-11(7-21-24)27-18(25)26/h1-8H,9H2,(H,22,23)(H,25,26). The molecule has 2 heterocycles. The monoisotopic (exact) mass is 434 g/mol. The van der Waals surface area contributed by atoms with E-state index in [1.54, 1.807) is 17.8 Å². The number of imidazole rings is 1. The van der Waals surface area contributed by atoms with Gasteiger partial charge in [0.1, 0.15) is 0 Å². The molecule has 10 heteroatoms. The molecule has 0 fully saturated rings. The molecule has 2 aromatic heterocycles. The third-order valence-corrected chi connectivity index (χ3v) is 5.74. The number of rotatable bonds is 5. The van der Waals surface area contributed by atoms with Crippen LogP contribution in [-0.2, 0) is 5.75 Å². The predicted octanol–water partition coefficient (Wildman–Crippen LogP) is 5.40. The van der Waals surface area contributed by atoms with Crippen molar-refractivity contribution in [1.29, 1.82) is 0 Å². The zero-order valence-electron chi connectivity index (χ0n) is 14.1. The Morgan fingerprint density at radius 1 is 1.25 bits per heavy atom. The molecule has 4 rings (SSSR count). The molecule has 0 aliphatic heterocycles. The molecular weight excluding hydrogens is 423 g/mol. The highest BCUT2D eigenvalue weighted by atomic mass is 35.5. The molecule has 0 atom stereocenters. The van der Waals surface area contributed by atoms with E-state index in [1.807, 2.05) is 30.3 Å². The van der Waals surface area contributed by atoms with Gasteiger partial charge in [-0.05, 0) is 23.8 Å². The Labute approximate surface area is 173 Å². The molecule has 2 N–H and O–H groups in total. The lowest BCUT2D eigenvalue weighted by Gasteiger charge is -2.06. The van der Waals surface area contributed by atoms with Crippen molar-refractivity contribution in [3.8, 4) is 11.7 Å². The number of H-pyrrole nitrogens is 1. The van der Waals surface area contributed by atoms with Crippen LogP contribution >= 0.6 is 35.0 Å². The number of ether oxygens (including phenoxy) is 1. The Bertz CT molecular complexity index is 1170. The summed E-state index contributed by atoms with van der Waals surface area (Å²) in [7, 11) is 0. The van der Waals surface area contributed by atoms with Gasteiger partial charge in [0.15, 0.2) is 5.75 Å². The van der Waals surface area contributed by atoms with E-state index in [1.165, 1.54) is 17.1 Å². The van der Waals surface area contributed by atoms with Crippen molar-refractivity contribution in [3.05, 3.63) is 64.4 Å². The number of fused-ring (bicyclic) bond motifs is 1. The maximum Gasteiger partial charge on any atom is 0.511 e. The Kier molecular flexibility index (Phi) is 5.17. The summed E-state index contributed by atoms with van der Waals surface area (Å²) < 4.78 is 5.96. The largest absolute Gasteiger partial charge is 0.511 e. The van der Waals surface area contributed by atoms with Gasteiger partial charge in [-0.1, -0.05) is 41.4 Å². The van der Waals surface area contributed by atoms with Crippen LogP contribution in [0.3, 0.4) is 0 Å². The Morgan fingerprint density at radius 2 is 2.07 bits per heavy atom. The molecule has 28 heavy (non-hydrogen) atoms. The SMILES string of the molecule is O=C(O)Oc1cnn(-c2nc3cc(SCc4ccccc4Cl)c(Cl)cc3[nH]2)c1. The second-order valence-electron chi connectivity index (χ2n) is 5.73. The highest BCUT2D eigenvalue weighted by Crippen LogP contribution is 2.34. The number of thioether (sulfide) groups is 1. The number of hydrogen-bond donors (Lipinski definition) is 2. The number of hydrogen-bond acceptors (Lipinski definition) is 5. The fourth-order valence-corrected chi connectivity index (χ4v) is 4.13. The minimum Gasteiger partial charge on any atom is -0.449 e. The summed E-state index contributed by atoms with van der Waals surface area (Å²) in [5.74, 6) is 1.19. The van der Waals surface area contributed by atoms with Crippen LogP contribution in [0.5, 0.6) is 5.75 Å². The normalized spacial score (nSPS) is 11.1. The van der Waals surface area contributed by atoms with E-state index in [9.17, 15) is 4.79 Å². The van der Waals surface area contributed by atoms with E-state index in [0.717, 1.165) is 16.0 Å². The summed E-state index contributed by atoms with van der Waals surface area (Å²) in [4.78, 5) is 19.1. The molecule has 0 bridgehead atoms. The second-order valence-corrected chi connectivity index (χ2v) is 7.56. The van der Waals surface area contributed by atoms with Crippen LogP contribution in [0, 0.1) is 0 Å². The van der Waals surface area contributed by atoms with Gasteiger partial charge < -0.3 is 14.8 Å². The van der Waals surface area contributed by atoms with Crippen molar-refractivity contribution in [1.82, 2.24) is 19.7 Å². The number of nitrogens with zero attached hydrogens (tertiary/aromatic N) is 3. The number of carboxylic acid groups (broad SMARTS) is 1. The van der Waals surface area contributed by atoms with E-state index in [4.69, 9.17) is 28.3 Å². The molecule has 0 amide bonds. The number of halogens is 2. The molecular formula is C18H12Cl2N4O3S. The first-order valence-corrected chi connectivity index (χ1v) is 9.75. The number of aromatic nitrogens is 4. The molecule has 0 aliphatic carbocycles. The van der Waals surface area contributed by atoms with E-state index in [2.05, 4.69) is 19.8 Å². The third-order valence-electron chi connectivity index (χ3n) is 3.85. The molecule has 142 valence electrons. The average molecular weight is 435 g/mol. The molecule has 2 aromatic carbocycles. The molecule has 0 saturated carbocycles. The van der Waals surface area contributed by atoms with Crippen LogP contribution in [0.15, 0.2) is 53.7 Å². The maximum absolute atomic E-state index is 10.6. The molecule has 0 aliphatic rings. The van der Waals surface area contributed by atoms with Crippen molar-refractivity contribution in [2.45, 2.75) is 10.6 Å². The summed E-state index contributed by atoms with van der Waals surface area (Å²) in [6, 6.07) is 11.3. The zero-order chi connectivity index (χ0) is 19.7. The first-order valence-electron chi connectivity index (χ1n) is 8.01. The molecule has 7 nitrogen and oxygen atoms in total. The van der Waals surface area contributed by atoms with Crippen LogP contribution in [-0.4, -0.2) is 31.0 Å². The Hall–Kier alpha value is -2.68.